The molecule has 0 nitrogen and oxygen atoms in total. The summed E-state index contributed by atoms with van der Waals surface area (Å²) in [5.74, 6) is 0. The molecule has 0 heterocycles. The Kier molecular flexibility index (Phi) is 103000. The van der Waals surface area contributed by atoms with Gasteiger partial charge in [-0.3, -0.25) is 0 Å². The van der Waals surface area contributed by atoms with Crippen LogP contribution < -0.4 is 0 Å². The minimum atomic E-state index is 0. The molecular weight excluding hydrogens is 199 g/mol. The van der Waals surface area contributed by atoms with Crippen LogP contribution in [0, 0.1) is 0 Å². The van der Waals surface area contributed by atoms with Crippen molar-refractivity contribution in [2.24, 2.45) is 0 Å². The van der Waals surface area contributed by atoms with Crippen molar-refractivity contribution in [3.63, 3.8) is 0 Å². The molecule has 39 valence electrons. The van der Waals surface area contributed by atoms with Gasteiger partial charge in [0.05, 0.1) is 0 Å². The van der Waals surface area contributed by atoms with Gasteiger partial charge in [0.15, 0.2) is 0 Å². The molecule has 0 rings (SSSR count). The van der Waals surface area contributed by atoms with Crippen LogP contribution in [0.2, 0.25) is 0 Å². The van der Waals surface area contributed by atoms with Crippen molar-refractivity contribution in [3.05, 3.63) is 0 Å². The fourth-order valence-electron chi connectivity index (χ4n) is 0. The van der Waals surface area contributed by atoms with E-state index in [-0.39, 0.29) is 121 Å². The van der Waals surface area contributed by atoms with Crippen LogP contribution >= 0.6 is 0 Å². The summed E-state index contributed by atoms with van der Waals surface area (Å²) in [6.07, 6.45) is 0. The van der Waals surface area contributed by atoms with Crippen LogP contribution in [-0.2, 0) is 0 Å². The normalized spacial score (nSPS) is 0. The maximum atomic E-state index is 0. The molecule has 0 atom stereocenters. The summed E-state index contributed by atoms with van der Waals surface area (Å²) < 4.78 is 0. The van der Waals surface area contributed by atoms with E-state index in [1.807, 2.05) is 0 Å². The van der Waals surface area contributed by atoms with Crippen molar-refractivity contribution in [3.8, 4) is 0 Å². The first kappa shape index (κ1) is 1290. The van der Waals surface area contributed by atoms with Crippen LogP contribution in [0.5, 0.6) is 0 Å². The van der Waals surface area contributed by atoms with Gasteiger partial charge in [0.2, 0.25) is 0 Å². The second kappa shape index (κ2) is 1030. The van der Waals surface area contributed by atoms with Crippen molar-refractivity contribution in [2.45, 2.75) is 0 Å². The summed E-state index contributed by atoms with van der Waals surface area (Å²) >= 11 is 0. The van der Waals surface area contributed by atoms with Crippen LogP contribution in [0.4, 0.5) is 0 Å². The Bertz CT molecular complexity index is 5.09. The first-order valence-electron chi connectivity index (χ1n) is 0. The van der Waals surface area contributed by atoms with Gasteiger partial charge in [-0.1, -0.05) is 0 Å². The molecule has 0 unspecified atom stereocenters. The molecule has 0 bridgehead atoms. The smallest absolute Gasteiger partial charge is 0 e. The molecule has 0 amide bonds. The van der Waals surface area contributed by atoms with E-state index in [1.165, 1.54) is 0 Å². The zero-order chi connectivity index (χ0) is 0. The van der Waals surface area contributed by atoms with Crippen LogP contribution in [0.3, 0.4) is 0 Å². The van der Waals surface area contributed by atoms with E-state index in [0.29, 0.717) is 0 Å². The predicted molar refractivity (Wildman–Crippen MR) is 74.8 cm³/mol. The average Bonchev–Trinajstić information content (AvgIpc) is 0. The Labute approximate surface area is 120 Å². The molecule has 0 fully saturated rings. The third-order valence-corrected chi connectivity index (χ3v) is 0. The van der Waals surface area contributed by atoms with E-state index in [1.54, 1.807) is 0 Å². The Morgan fingerprint density at radius 3 is 0.154 bits per heavy atom. The number of rotatable bonds is 0. The van der Waals surface area contributed by atoms with Gasteiger partial charge in [-0.25, -0.2) is 0 Å². The molecule has 0 N–H and O–H groups in total. The summed E-state index contributed by atoms with van der Waals surface area (Å²) in [6, 6.07) is 0. The van der Waals surface area contributed by atoms with Crippen molar-refractivity contribution in [1.29, 1.82) is 0 Å². The van der Waals surface area contributed by atoms with Crippen LogP contribution in [0.1, 0.15) is 0 Å². The molecule has 39 radical (unpaired) electrons. The van der Waals surface area contributed by atoms with E-state index in [2.05, 4.69) is 0 Å². The molecule has 0 aliphatic carbocycles. The molecule has 13 heteroatoms. The fraction of sp³-hybridized carbons (Fsp3) is 0. The maximum absolute atomic E-state index is 0. The van der Waals surface area contributed by atoms with Gasteiger partial charge in [-0.05, 0) is 0 Å². The first-order chi connectivity index (χ1) is 0. The van der Waals surface area contributed by atoms with Crippen molar-refractivity contribution >= 4 is 121 Å². The summed E-state index contributed by atoms with van der Waals surface area (Å²) in [6.45, 7) is 0. The monoisotopic (exact) mass is 201 g/mol. The van der Waals surface area contributed by atoms with Crippen molar-refractivity contribution in [2.75, 3.05) is 0 Å². The zero-order valence-electron chi connectivity index (χ0n) is 7.51. The fourth-order valence-corrected chi connectivity index (χ4v) is 0. The Morgan fingerprint density at radius 1 is 0.154 bits per heavy atom. The summed E-state index contributed by atoms with van der Waals surface area (Å²) in [5, 5.41) is 0. The summed E-state index contributed by atoms with van der Waals surface area (Å²) in [7, 11) is 0. The van der Waals surface area contributed by atoms with Crippen molar-refractivity contribution in [1.82, 2.24) is 0 Å². The van der Waals surface area contributed by atoms with Gasteiger partial charge in [0, 0.05) is 121 Å². The molecular formula is B12Ga. The standard InChI is InChI=1S/12B.Ga. The van der Waals surface area contributed by atoms with E-state index >= 15 is 0 Å². The molecule has 0 aliphatic rings. The van der Waals surface area contributed by atoms with E-state index < -0.39 is 0 Å². The third kappa shape index (κ3) is 872. The minimum Gasteiger partial charge on any atom is 0 e. The Morgan fingerprint density at radius 2 is 0.154 bits per heavy atom. The molecule has 0 aromatic carbocycles. The van der Waals surface area contributed by atoms with Gasteiger partial charge in [0.1, 0.15) is 0 Å². The minimum absolute atomic E-state index is 0. The molecule has 13 heavy (non-hydrogen) atoms. The second-order valence-corrected chi connectivity index (χ2v) is 0. The van der Waals surface area contributed by atoms with Crippen LogP contribution in [0.15, 0.2) is 0 Å². The number of hydrogen-bond acceptors (Lipinski definition) is 0. The SMILES string of the molecule is [B].[B].[B].[B].[B].[B].[B].[B].[B].[B].[B].[B].[Ga]. The summed E-state index contributed by atoms with van der Waals surface area (Å²) in [5.41, 5.74) is 0. The Hall–Kier alpha value is 1.42. The van der Waals surface area contributed by atoms with Crippen molar-refractivity contribution < 1.29 is 0 Å². The molecule has 0 aliphatic heterocycles. The van der Waals surface area contributed by atoms with E-state index in [4.69, 9.17) is 0 Å². The molecule has 0 aromatic heterocycles. The quantitative estimate of drug-likeness (QED) is 0.343. The second-order valence-electron chi connectivity index (χ2n) is 0. The van der Waals surface area contributed by atoms with Gasteiger partial charge in [-0.2, -0.15) is 0 Å². The third-order valence-electron chi connectivity index (χ3n) is 0. The van der Waals surface area contributed by atoms with E-state index in [0.717, 1.165) is 0 Å². The van der Waals surface area contributed by atoms with Crippen LogP contribution in [-0.4, -0.2) is 121 Å². The van der Waals surface area contributed by atoms with Gasteiger partial charge in [-0.15, -0.1) is 0 Å². The average molecular weight is 199 g/mol. The molecule has 0 saturated heterocycles. The van der Waals surface area contributed by atoms with Crippen LogP contribution in [0.25, 0.3) is 0 Å². The molecule has 0 saturated carbocycles. The zero-order valence-corrected chi connectivity index (χ0v) is 9.93. The predicted octanol–water partition coefficient (Wildman–Crippen LogP) is -4.95. The largest absolute Gasteiger partial charge is 0 e. The summed E-state index contributed by atoms with van der Waals surface area (Å²) in [4.78, 5) is 0. The first-order valence-corrected chi connectivity index (χ1v) is 0. The molecule has 0 spiro atoms. The maximum Gasteiger partial charge on any atom is 0 e. The number of hydrogen-bond donors (Lipinski definition) is 0. The van der Waals surface area contributed by atoms with E-state index in [9.17, 15) is 0 Å². The topological polar surface area (TPSA) is 0 Å². The van der Waals surface area contributed by atoms with Gasteiger partial charge < -0.3 is 0 Å². The van der Waals surface area contributed by atoms with Gasteiger partial charge >= 0.3 is 0 Å². The Balaban J connectivity index is 0. The van der Waals surface area contributed by atoms with Gasteiger partial charge in [0.25, 0.3) is 0 Å². The molecule has 0 aromatic rings.